The van der Waals surface area contributed by atoms with Crippen molar-refractivity contribution >= 4 is 60.4 Å². The van der Waals surface area contributed by atoms with Crippen LogP contribution in [-0.4, -0.2) is 23.2 Å². The van der Waals surface area contributed by atoms with Crippen molar-refractivity contribution in [3.8, 4) is 5.88 Å². The van der Waals surface area contributed by atoms with E-state index in [1.165, 1.54) is 12.1 Å². The molecule has 0 unspecified atom stereocenters. The fourth-order valence-corrected chi connectivity index (χ4v) is 5.11. The van der Waals surface area contributed by atoms with Crippen molar-refractivity contribution in [3.63, 3.8) is 0 Å². The predicted octanol–water partition coefficient (Wildman–Crippen LogP) is 5.98. The molecule has 0 aliphatic carbocycles. The summed E-state index contributed by atoms with van der Waals surface area (Å²) in [7, 11) is -3.96. The number of benzene rings is 4. The molecule has 1 aromatic heterocycles. The number of nitrogens with two attached hydrogens (primary N) is 1. The second kappa shape index (κ2) is 9.74. The number of nitrogens with one attached hydrogen (secondary N) is 1. The first kappa shape index (κ1) is 24.6. The fraction of sp³-hybridized carbons (Fsp3) is 0.0741. The van der Waals surface area contributed by atoms with Gasteiger partial charge in [0.05, 0.1) is 17.7 Å². The Morgan fingerprint density at radius 2 is 1.73 bits per heavy atom. The summed E-state index contributed by atoms with van der Waals surface area (Å²) in [6.45, 7) is 2.38. The second-order valence-electron chi connectivity index (χ2n) is 8.63. The number of primary sulfonamides is 1. The lowest BCUT2D eigenvalue weighted by atomic mass is 10.1. The summed E-state index contributed by atoms with van der Waals surface area (Å²) in [6, 6.07) is 26.2. The van der Waals surface area contributed by atoms with Crippen LogP contribution in [0.2, 0.25) is 0 Å². The van der Waals surface area contributed by atoms with Crippen LogP contribution in [0.3, 0.4) is 0 Å². The van der Waals surface area contributed by atoms with Gasteiger partial charge in [0.25, 0.3) is 0 Å². The maximum absolute atomic E-state index is 11.9. The average Bonchev–Trinajstić information content (AvgIpc) is 3.12. The van der Waals surface area contributed by atoms with Gasteiger partial charge >= 0.3 is 0 Å². The molecule has 10 heteroatoms. The minimum absolute atomic E-state index is 0.0507. The number of fused-ring (bicyclic) bond motifs is 2. The van der Waals surface area contributed by atoms with Gasteiger partial charge in [-0.05, 0) is 65.8 Å². The standard InChI is InChI=1S/C27H23N5O3S2/c1-17-10-13-23-21(14-17)25(30-31-27(36)29-22-8-4-5-9-24(22)37(28,34)35)26(33)32(23)16-18-11-12-19-6-2-3-7-20(19)15-18/h2-15,33H,16H2,1H3,(H,29,36)(H2,28,34,35). The Labute approximate surface area is 219 Å². The van der Waals surface area contributed by atoms with Crippen molar-refractivity contribution in [1.29, 1.82) is 0 Å². The lowest BCUT2D eigenvalue weighted by Gasteiger charge is -2.09. The van der Waals surface area contributed by atoms with Crippen LogP contribution in [0, 0.1) is 6.92 Å². The first-order valence-electron chi connectivity index (χ1n) is 11.3. The monoisotopic (exact) mass is 529 g/mol. The van der Waals surface area contributed by atoms with Gasteiger partial charge in [-0.15, -0.1) is 10.2 Å². The van der Waals surface area contributed by atoms with Crippen LogP contribution in [0.5, 0.6) is 5.88 Å². The van der Waals surface area contributed by atoms with E-state index >= 15 is 0 Å². The fourth-order valence-electron chi connectivity index (χ4n) is 4.27. The number of hydrogen-bond acceptors (Lipinski definition) is 5. The molecule has 5 rings (SSSR count). The smallest absolute Gasteiger partial charge is 0.240 e. The Balaban J connectivity index is 1.49. The van der Waals surface area contributed by atoms with Crippen LogP contribution in [0.4, 0.5) is 11.4 Å². The van der Waals surface area contributed by atoms with Crippen LogP contribution in [0.1, 0.15) is 11.1 Å². The average molecular weight is 530 g/mol. The van der Waals surface area contributed by atoms with Crippen molar-refractivity contribution < 1.29 is 13.5 Å². The summed E-state index contributed by atoms with van der Waals surface area (Å²) >= 11 is 5.27. The van der Waals surface area contributed by atoms with Gasteiger partial charge in [-0.3, -0.25) is 0 Å². The third-order valence-electron chi connectivity index (χ3n) is 6.00. The molecule has 37 heavy (non-hydrogen) atoms. The molecule has 0 saturated heterocycles. The van der Waals surface area contributed by atoms with Crippen LogP contribution >= 0.6 is 12.2 Å². The highest BCUT2D eigenvalue weighted by atomic mass is 32.2. The minimum atomic E-state index is -3.96. The normalized spacial score (nSPS) is 11.9. The highest BCUT2D eigenvalue weighted by Gasteiger charge is 2.18. The summed E-state index contributed by atoms with van der Waals surface area (Å²) < 4.78 is 25.5. The van der Waals surface area contributed by atoms with E-state index in [-0.39, 0.29) is 27.3 Å². The van der Waals surface area contributed by atoms with Gasteiger partial charge in [-0.2, -0.15) is 0 Å². The number of aryl methyl sites for hydroxylation is 1. The van der Waals surface area contributed by atoms with Gasteiger partial charge in [0.2, 0.25) is 21.0 Å². The number of nitrogens with zero attached hydrogens (tertiary/aromatic N) is 3. The van der Waals surface area contributed by atoms with E-state index in [9.17, 15) is 13.5 Å². The van der Waals surface area contributed by atoms with E-state index in [0.29, 0.717) is 6.54 Å². The van der Waals surface area contributed by atoms with Gasteiger partial charge in [-0.25, -0.2) is 13.6 Å². The number of anilines is 1. The summed E-state index contributed by atoms with van der Waals surface area (Å²) in [5.74, 6) is -0.0507. The van der Waals surface area contributed by atoms with Gasteiger partial charge in [0, 0.05) is 5.39 Å². The number of rotatable bonds is 5. The molecule has 4 aromatic carbocycles. The molecule has 1 heterocycles. The SMILES string of the molecule is Cc1ccc2c(c1)c(N=NC(=S)Nc1ccccc1S(N)(=O)=O)c(O)n2Cc1ccc2ccccc2c1. The molecular weight excluding hydrogens is 506 g/mol. The summed E-state index contributed by atoms with van der Waals surface area (Å²) in [6.07, 6.45) is 0. The van der Waals surface area contributed by atoms with Gasteiger partial charge in [0.15, 0.2) is 5.69 Å². The van der Waals surface area contributed by atoms with E-state index in [0.717, 1.165) is 32.8 Å². The highest BCUT2D eigenvalue weighted by Crippen LogP contribution is 2.40. The number of azo groups is 1. The molecule has 0 amide bonds. The van der Waals surface area contributed by atoms with Crippen molar-refractivity contribution in [3.05, 3.63) is 96.1 Å². The minimum Gasteiger partial charge on any atom is -0.493 e. The second-order valence-corrected chi connectivity index (χ2v) is 10.5. The van der Waals surface area contributed by atoms with Gasteiger partial charge < -0.3 is 15.0 Å². The first-order valence-corrected chi connectivity index (χ1v) is 13.3. The van der Waals surface area contributed by atoms with Crippen molar-refractivity contribution in [2.75, 3.05) is 5.32 Å². The molecule has 0 atom stereocenters. The first-order chi connectivity index (χ1) is 17.7. The Hall–Kier alpha value is -4.12. The Kier molecular flexibility index (Phi) is 6.46. The zero-order valence-electron chi connectivity index (χ0n) is 19.8. The largest absolute Gasteiger partial charge is 0.493 e. The van der Waals surface area contributed by atoms with Gasteiger partial charge in [0.1, 0.15) is 4.90 Å². The molecule has 0 spiro atoms. The van der Waals surface area contributed by atoms with E-state index < -0.39 is 10.0 Å². The third-order valence-corrected chi connectivity index (χ3v) is 7.15. The maximum Gasteiger partial charge on any atom is 0.240 e. The van der Waals surface area contributed by atoms with Crippen LogP contribution < -0.4 is 10.5 Å². The molecule has 186 valence electrons. The molecule has 0 radical (unpaired) electrons. The zero-order valence-corrected chi connectivity index (χ0v) is 21.4. The molecule has 0 aliphatic heterocycles. The number of aromatic hydroxyl groups is 1. The van der Waals surface area contributed by atoms with E-state index in [2.05, 4.69) is 39.8 Å². The lowest BCUT2D eigenvalue weighted by molar-refractivity contribution is 0.429. The van der Waals surface area contributed by atoms with Crippen molar-refractivity contribution in [1.82, 2.24) is 4.57 Å². The summed E-state index contributed by atoms with van der Waals surface area (Å²) in [5, 5.41) is 30.4. The molecule has 0 saturated carbocycles. The lowest BCUT2D eigenvalue weighted by Crippen LogP contribution is -2.16. The molecule has 4 N–H and O–H groups in total. The topological polar surface area (TPSA) is 122 Å². The Morgan fingerprint density at radius 1 is 1.00 bits per heavy atom. The number of thiocarbonyl (C=S) groups is 1. The van der Waals surface area contributed by atoms with Crippen LogP contribution in [0.15, 0.2) is 100 Å². The predicted molar refractivity (Wildman–Crippen MR) is 150 cm³/mol. The van der Waals surface area contributed by atoms with E-state index in [4.69, 9.17) is 17.4 Å². The highest BCUT2D eigenvalue weighted by molar-refractivity contribution is 7.89. The maximum atomic E-state index is 11.9. The van der Waals surface area contributed by atoms with Crippen molar-refractivity contribution in [2.24, 2.45) is 15.4 Å². The van der Waals surface area contributed by atoms with E-state index in [1.807, 2.05) is 43.3 Å². The Morgan fingerprint density at radius 3 is 2.51 bits per heavy atom. The van der Waals surface area contributed by atoms with Crippen molar-refractivity contribution in [2.45, 2.75) is 18.4 Å². The molecule has 8 nitrogen and oxygen atoms in total. The number of sulfonamides is 1. The van der Waals surface area contributed by atoms with Gasteiger partial charge in [-0.1, -0.05) is 60.2 Å². The zero-order chi connectivity index (χ0) is 26.2. The molecule has 0 fully saturated rings. The molecular formula is C27H23N5O3S2. The Bertz CT molecular complexity index is 1810. The van der Waals surface area contributed by atoms with Crippen LogP contribution in [-0.2, 0) is 16.6 Å². The third kappa shape index (κ3) is 5.08. The van der Waals surface area contributed by atoms with Crippen LogP contribution in [0.25, 0.3) is 21.7 Å². The van der Waals surface area contributed by atoms with E-state index in [1.54, 1.807) is 16.7 Å². The molecule has 5 aromatic rings. The summed E-state index contributed by atoms with van der Waals surface area (Å²) in [5.41, 5.74) is 3.26. The molecule has 0 bridgehead atoms. The number of para-hydroxylation sites is 1. The summed E-state index contributed by atoms with van der Waals surface area (Å²) in [4.78, 5) is -0.113. The molecule has 0 aliphatic rings. The quantitative estimate of drug-likeness (QED) is 0.191. The number of hydrogen-bond donors (Lipinski definition) is 3. The number of aromatic nitrogens is 1.